The highest BCUT2D eigenvalue weighted by molar-refractivity contribution is 6.42. The highest BCUT2D eigenvalue weighted by Crippen LogP contribution is 2.53. The number of hydrogen-bond donors (Lipinski definition) is 0. The van der Waals surface area contributed by atoms with Crippen LogP contribution in [-0.2, 0) is 16.2 Å². The quantitative estimate of drug-likeness (QED) is 0.0884. The van der Waals surface area contributed by atoms with Gasteiger partial charge in [0, 0.05) is 5.02 Å². The molecule has 0 amide bonds. The predicted molar refractivity (Wildman–Crippen MR) is 513 cm³/mol. The van der Waals surface area contributed by atoms with Crippen molar-refractivity contribution in [2.75, 3.05) is 0 Å². The van der Waals surface area contributed by atoms with Crippen LogP contribution in [0.4, 0.5) is 61.5 Å². The number of rotatable bonds is 16. The molecule has 2 heterocycles. The Morgan fingerprint density at radius 1 is 0.303 bits per heavy atom. The SMILES string of the molecule is CC(C)(C)c1cc2c(cc1C(C)(C)C)OC(F)(F)O2.CC(C)c1c(C(C)(C)C)cc2c(c1Cl)OC(F)(F)O2.CC(C)c1ccc(C#N)cc1C(C)C.CC(C)c1ccc(Cl)c(Cl)c1C(C)C.CC(C)c1ccc(Cl)cc1C(C)C.CC(C)c1ccc(OC(F)(F)F)c(Cl)c1C(C)C.CC(C)c1ccc(OC(F)(F)F)c(F)c1C(C)C.CC(C)c1ccc(OC(F)(F)F)cc1C(C)C. The van der Waals surface area contributed by atoms with Crippen molar-refractivity contribution < 1.29 is 94.6 Å². The Kier molecular flexibility index (Phi) is 43.4. The molecule has 10 rings (SSSR count). The van der Waals surface area contributed by atoms with Crippen molar-refractivity contribution in [1.29, 1.82) is 5.26 Å². The maximum atomic E-state index is 14.0. The molecule has 8 aromatic carbocycles. The summed E-state index contributed by atoms with van der Waals surface area (Å²) in [5, 5.41) is 11.3. The normalized spacial score (nSPS) is 13.4. The number of benzene rings is 8. The van der Waals surface area contributed by atoms with Crippen LogP contribution in [0, 0.1) is 17.1 Å². The van der Waals surface area contributed by atoms with Crippen LogP contribution < -0.4 is 33.2 Å². The standard InChI is InChI=1S/C15H20F2O2.C14H17ClF2O2.C13H16ClF3O.C13H16F4O.C13H17F3O.C13H17N.C12H16Cl2.C12H17Cl/c1-13(2,3)9-7-11-12(19-15(16,17)18-11)8-10(9)14(4,5)6;1-7(2)10-8(13(3,4)5)6-9-12(11(10)15)19-14(16,17)18-9;2*1-7(2)9-5-6-10(18-13(15,16)17)12(14)11(9)8(3)4;1-8(2)11-6-5-10(17-13(14,15)16)7-12(11)9(3)4;1-9(2)12-6-5-11(8-14)7-13(12)10(3)4;1-7(2)9-5-6-10(13)12(14)11(9)8(3)4;1-8(2)11-6-5-10(13)7-12(11)9(3)4/h7-8H,1-6H3;6-7H,1-5H3;2*5-8H,1-4H3;5-9H,1-4H3;5-7,9-10H,1-4H3;5-8H,1-4H3;5-9H,1-4H3. The monoisotopic (exact) mass is 1960 g/mol. The smallest absolute Gasteiger partial charge is 0.406 e. The van der Waals surface area contributed by atoms with Gasteiger partial charge in [-0.1, -0.05) is 337 Å². The van der Waals surface area contributed by atoms with Gasteiger partial charge in [0.05, 0.1) is 31.7 Å². The molecule has 0 N–H and O–H groups in total. The van der Waals surface area contributed by atoms with Crippen LogP contribution in [0.15, 0.2) is 109 Å². The lowest BCUT2D eigenvalue weighted by Gasteiger charge is -2.30. The fraction of sp³-hybridized carbons (Fsp3) is 0.533. The van der Waals surface area contributed by atoms with E-state index in [1.807, 2.05) is 128 Å². The number of halogens is 19. The highest BCUT2D eigenvalue weighted by atomic mass is 35.5. The van der Waals surface area contributed by atoms with Gasteiger partial charge in [-0.25, -0.2) is 4.39 Å². The molecule has 736 valence electrons. The van der Waals surface area contributed by atoms with Crippen LogP contribution in [0.3, 0.4) is 0 Å². The summed E-state index contributed by atoms with van der Waals surface area (Å²) in [6, 6.07) is 33.3. The van der Waals surface area contributed by atoms with Gasteiger partial charge in [-0.05, 0) is 255 Å². The van der Waals surface area contributed by atoms with E-state index in [0.29, 0.717) is 56.7 Å². The minimum absolute atomic E-state index is 0.00400. The summed E-state index contributed by atoms with van der Waals surface area (Å²) < 4.78 is 206. The Hall–Kier alpha value is -7.68. The molecule has 0 unspecified atom stereocenters. The molecular formula is C105H136Cl5F14NO7. The third kappa shape index (κ3) is 35.5. The lowest BCUT2D eigenvalue weighted by atomic mass is 9.75. The van der Waals surface area contributed by atoms with Crippen molar-refractivity contribution in [1.82, 2.24) is 0 Å². The van der Waals surface area contributed by atoms with Gasteiger partial charge in [0.25, 0.3) is 0 Å². The van der Waals surface area contributed by atoms with Gasteiger partial charge in [-0.2, -0.15) is 5.26 Å². The molecule has 0 saturated heterocycles. The minimum atomic E-state index is -4.88. The van der Waals surface area contributed by atoms with Gasteiger partial charge in [0.2, 0.25) is 0 Å². The van der Waals surface area contributed by atoms with E-state index in [0.717, 1.165) is 55.6 Å². The second-order valence-corrected chi connectivity index (χ2v) is 41.7. The first-order valence-electron chi connectivity index (χ1n) is 44.4. The molecule has 0 spiro atoms. The zero-order valence-electron chi connectivity index (χ0n) is 82.9. The Morgan fingerprint density at radius 3 is 0.985 bits per heavy atom. The van der Waals surface area contributed by atoms with Crippen molar-refractivity contribution in [3.63, 3.8) is 0 Å². The van der Waals surface area contributed by atoms with Crippen LogP contribution in [0.2, 0.25) is 25.1 Å². The average Bonchev–Trinajstić information content (AvgIpc) is 1.59. The molecule has 0 aromatic heterocycles. The molecule has 8 nitrogen and oxygen atoms in total. The van der Waals surface area contributed by atoms with E-state index in [9.17, 15) is 61.5 Å². The Balaban J connectivity index is 0.000000390. The maximum Gasteiger partial charge on any atom is 0.586 e. The average molecular weight is 1970 g/mol. The van der Waals surface area contributed by atoms with Crippen LogP contribution in [0.25, 0.3) is 0 Å². The van der Waals surface area contributed by atoms with E-state index in [1.54, 1.807) is 44.2 Å². The zero-order valence-corrected chi connectivity index (χ0v) is 86.7. The van der Waals surface area contributed by atoms with Gasteiger partial charge in [0.1, 0.15) is 11.5 Å². The van der Waals surface area contributed by atoms with E-state index in [4.69, 9.17) is 63.3 Å². The largest absolute Gasteiger partial charge is 0.586 e. The molecule has 0 atom stereocenters. The van der Waals surface area contributed by atoms with Crippen molar-refractivity contribution in [2.45, 2.75) is 367 Å². The van der Waals surface area contributed by atoms with E-state index in [2.05, 4.69) is 188 Å². The number of fused-ring (bicyclic) bond motifs is 2. The number of nitriles is 1. The fourth-order valence-electron chi connectivity index (χ4n) is 14.9. The second-order valence-electron chi connectivity index (χ2n) is 39.7. The molecule has 0 radical (unpaired) electrons. The summed E-state index contributed by atoms with van der Waals surface area (Å²) in [4.78, 5) is 0. The summed E-state index contributed by atoms with van der Waals surface area (Å²) in [6.45, 7) is 71.4. The van der Waals surface area contributed by atoms with E-state index in [1.165, 1.54) is 57.6 Å². The Labute approximate surface area is 801 Å². The topological polar surface area (TPSA) is 88.4 Å². The van der Waals surface area contributed by atoms with Crippen LogP contribution in [0.1, 0.15) is 414 Å². The first-order valence-corrected chi connectivity index (χ1v) is 46.3. The van der Waals surface area contributed by atoms with Crippen molar-refractivity contribution in [3.05, 3.63) is 235 Å². The third-order valence-electron chi connectivity index (χ3n) is 21.1. The molecule has 2 aliphatic rings. The second kappa shape index (κ2) is 48.4. The molecule has 8 aromatic rings. The summed E-state index contributed by atoms with van der Waals surface area (Å²) >= 11 is 30.5. The third-order valence-corrected chi connectivity index (χ3v) is 22.9. The van der Waals surface area contributed by atoms with Gasteiger partial charge < -0.3 is 33.2 Å². The van der Waals surface area contributed by atoms with Crippen molar-refractivity contribution >= 4 is 58.0 Å². The predicted octanol–water partition coefficient (Wildman–Crippen LogP) is 38.6. The summed E-state index contributed by atoms with van der Waals surface area (Å²) in [5.74, 6) is 1.65. The first-order chi connectivity index (χ1) is 59.9. The molecule has 0 fully saturated rings. The van der Waals surface area contributed by atoms with E-state index < -0.39 is 43.2 Å². The summed E-state index contributed by atoms with van der Waals surface area (Å²) in [5.41, 5.74) is 16.5. The number of hydrogen-bond acceptors (Lipinski definition) is 8. The van der Waals surface area contributed by atoms with Crippen LogP contribution in [-0.4, -0.2) is 31.7 Å². The molecule has 0 bridgehead atoms. The number of ether oxygens (including phenoxy) is 7. The first kappa shape index (κ1) is 118. The minimum Gasteiger partial charge on any atom is -0.406 e. The van der Waals surface area contributed by atoms with Gasteiger partial charge in [-0.3, -0.25) is 0 Å². The lowest BCUT2D eigenvalue weighted by molar-refractivity contribution is -0.287. The van der Waals surface area contributed by atoms with Crippen molar-refractivity contribution in [2.24, 2.45) is 0 Å². The van der Waals surface area contributed by atoms with Gasteiger partial charge >= 0.3 is 31.7 Å². The number of alkyl halides is 13. The molecule has 0 aliphatic carbocycles. The Bertz CT molecular complexity index is 5010. The molecule has 2 aliphatic heterocycles. The van der Waals surface area contributed by atoms with Crippen LogP contribution >= 0.6 is 58.0 Å². The lowest BCUT2D eigenvalue weighted by Crippen LogP contribution is -2.26. The highest BCUT2D eigenvalue weighted by Gasteiger charge is 2.48. The molecular weight excluding hydrogens is 1830 g/mol. The van der Waals surface area contributed by atoms with Gasteiger partial charge in [-0.15, -0.1) is 57.1 Å². The fourth-order valence-corrected chi connectivity index (χ4v) is 16.6. The maximum absolute atomic E-state index is 14.0. The van der Waals surface area contributed by atoms with Gasteiger partial charge in [0.15, 0.2) is 34.6 Å². The van der Waals surface area contributed by atoms with E-state index in [-0.39, 0.29) is 108 Å². The molecule has 27 heteroatoms. The van der Waals surface area contributed by atoms with Crippen LogP contribution in [0.5, 0.6) is 40.2 Å². The molecule has 132 heavy (non-hydrogen) atoms. The number of nitrogens with zero attached hydrogens (tertiary/aromatic N) is 1. The summed E-state index contributed by atoms with van der Waals surface area (Å²) in [7, 11) is 0. The molecule has 0 saturated carbocycles. The zero-order chi connectivity index (χ0) is 102. The summed E-state index contributed by atoms with van der Waals surface area (Å²) in [6.07, 6.45) is -21.4. The van der Waals surface area contributed by atoms with Crippen molar-refractivity contribution in [3.8, 4) is 46.3 Å². The van der Waals surface area contributed by atoms with E-state index >= 15 is 0 Å². The Morgan fingerprint density at radius 2 is 0.614 bits per heavy atom.